The van der Waals surface area contributed by atoms with Crippen molar-refractivity contribution in [1.82, 2.24) is 24.4 Å². The van der Waals surface area contributed by atoms with Gasteiger partial charge < -0.3 is 10.2 Å². The van der Waals surface area contributed by atoms with Gasteiger partial charge in [-0.15, -0.1) is 0 Å². The van der Waals surface area contributed by atoms with Gasteiger partial charge in [-0.05, 0) is 39.0 Å². The number of aromatic nitrogens is 4. The molecule has 0 atom stereocenters. The second kappa shape index (κ2) is 7.70. The molecule has 0 aliphatic rings. The van der Waals surface area contributed by atoms with Gasteiger partial charge >= 0.3 is 0 Å². The Morgan fingerprint density at radius 3 is 2.41 bits per heavy atom. The molecule has 0 radical (unpaired) electrons. The Morgan fingerprint density at radius 1 is 1.19 bits per heavy atom. The van der Waals surface area contributed by atoms with Crippen LogP contribution in [0.1, 0.15) is 54.4 Å². The van der Waals surface area contributed by atoms with Crippen LogP contribution in [0.2, 0.25) is 0 Å². The van der Waals surface area contributed by atoms with Crippen molar-refractivity contribution >= 4 is 29.4 Å². The maximum Gasteiger partial charge on any atom is 0.280 e. The van der Waals surface area contributed by atoms with Crippen LogP contribution in [0.5, 0.6) is 0 Å². The van der Waals surface area contributed by atoms with E-state index in [1.807, 2.05) is 18.7 Å². The Bertz CT molecular complexity index is 863. The van der Waals surface area contributed by atoms with E-state index in [2.05, 4.69) is 66.8 Å². The molecule has 0 saturated carbocycles. The second-order valence-corrected chi connectivity index (χ2v) is 9.30. The predicted octanol–water partition coefficient (Wildman–Crippen LogP) is 3.33. The molecule has 0 unspecified atom stereocenters. The molecule has 2 aromatic rings. The lowest BCUT2D eigenvalue weighted by atomic mass is 9.91. The van der Waals surface area contributed by atoms with E-state index in [9.17, 15) is 4.79 Å². The minimum atomic E-state index is -0.287. The molecule has 27 heavy (non-hydrogen) atoms. The molecule has 0 saturated heterocycles. The number of nitrogens with zero attached hydrogens (tertiary/aromatic N) is 5. The molecule has 150 valence electrons. The molecule has 2 N–H and O–H groups in total. The predicted molar refractivity (Wildman–Crippen MR) is 112 cm³/mol. The number of nitrogens with one attached hydrogen (secondary N) is 2. The summed E-state index contributed by atoms with van der Waals surface area (Å²) in [5, 5.41) is 3.39. The number of fused-ring (bicyclic) bond motifs is 1. The van der Waals surface area contributed by atoms with E-state index in [-0.39, 0.29) is 17.0 Å². The first kappa shape index (κ1) is 20.9. The van der Waals surface area contributed by atoms with E-state index in [1.54, 1.807) is 11.2 Å². The largest absolute Gasteiger partial charge is 0.369 e. The monoisotopic (exact) mass is 375 g/mol. The zero-order valence-corrected chi connectivity index (χ0v) is 17.8. The Labute approximate surface area is 161 Å². The maximum atomic E-state index is 12.5. The summed E-state index contributed by atoms with van der Waals surface area (Å²) < 4.78 is 1.98. The van der Waals surface area contributed by atoms with Crippen molar-refractivity contribution in [1.29, 1.82) is 0 Å². The highest BCUT2D eigenvalue weighted by Gasteiger charge is 2.24. The lowest BCUT2D eigenvalue weighted by Gasteiger charge is -2.24. The fourth-order valence-electron chi connectivity index (χ4n) is 2.76. The van der Waals surface area contributed by atoms with Crippen LogP contribution in [0.4, 0.5) is 11.9 Å². The van der Waals surface area contributed by atoms with Crippen LogP contribution in [-0.2, 0) is 5.54 Å². The molecule has 2 aromatic heterocycles. The van der Waals surface area contributed by atoms with Crippen LogP contribution in [0.3, 0.4) is 0 Å². The molecule has 0 bridgehead atoms. The topological polar surface area (TPSA) is 91.2 Å². The Morgan fingerprint density at radius 2 is 1.85 bits per heavy atom. The first-order valence-electron chi connectivity index (χ1n) is 9.36. The number of H-pyrrole nitrogens is 1. The Kier molecular flexibility index (Phi) is 5.97. The van der Waals surface area contributed by atoms with Crippen molar-refractivity contribution in [2.75, 3.05) is 26.0 Å². The van der Waals surface area contributed by atoms with Crippen LogP contribution >= 0.6 is 0 Å². The van der Waals surface area contributed by atoms with Gasteiger partial charge in [0.15, 0.2) is 11.2 Å². The van der Waals surface area contributed by atoms with E-state index < -0.39 is 0 Å². The van der Waals surface area contributed by atoms with Gasteiger partial charge in [-0.2, -0.15) is 4.98 Å². The van der Waals surface area contributed by atoms with E-state index in [0.717, 1.165) is 19.4 Å². The van der Waals surface area contributed by atoms with Crippen LogP contribution in [0, 0.1) is 5.41 Å². The molecule has 8 heteroatoms. The van der Waals surface area contributed by atoms with Crippen LogP contribution in [0.15, 0.2) is 9.79 Å². The molecule has 0 spiro atoms. The lowest BCUT2D eigenvalue weighted by Crippen LogP contribution is -2.25. The second-order valence-electron chi connectivity index (χ2n) is 9.30. The zero-order chi connectivity index (χ0) is 20.4. The molecule has 2 rings (SSSR count). The van der Waals surface area contributed by atoms with Crippen molar-refractivity contribution in [3.63, 3.8) is 0 Å². The number of aliphatic imine (C=N–C) groups is 1. The number of aromatic amines is 1. The number of hydrogen-bond acceptors (Lipinski definition) is 5. The average Bonchev–Trinajstić information content (AvgIpc) is 2.87. The molecule has 0 fully saturated rings. The number of anilines is 1. The fraction of sp³-hybridized carbons (Fsp3) is 0.684. The Balaban J connectivity index is 2.42. The van der Waals surface area contributed by atoms with E-state index >= 15 is 0 Å². The summed E-state index contributed by atoms with van der Waals surface area (Å²) in [4.78, 5) is 30.3. The first-order valence-corrected chi connectivity index (χ1v) is 9.36. The van der Waals surface area contributed by atoms with E-state index in [1.165, 1.54) is 0 Å². The highest BCUT2D eigenvalue weighted by Crippen LogP contribution is 2.27. The highest BCUT2D eigenvalue weighted by molar-refractivity contribution is 5.75. The van der Waals surface area contributed by atoms with Gasteiger partial charge in [-0.3, -0.25) is 14.3 Å². The van der Waals surface area contributed by atoms with Crippen LogP contribution < -0.4 is 10.9 Å². The van der Waals surface area contributed by atoms with Gasteiger partial charge in [0.2, 0.25) is 11.9 Å². The number of hydrogen-bond donors (Lipinski definition) is 2. The molecule has 0 amide bonds. The molecule has 2 heterocycles. The smallest absolute Gasteiger partial charge is 0.280 e. The van der Waals surface area contributed by atoms with Gasteiger partial charge in [0, 0.05) is 26.2 Å². The molecule has 0 aromatic carbocycles. The summed E-state index contributed by atoms with van der Waals surface area (Å²) >= 11 is 0. The van der Waals surface area contributed by atoms with Gasteiger partial charge in [-0.25, -0.2) is 9.98 Å². The minimum Gasteiger partial charge on any atom is -0.369 e. The summed E-state index contributed by atoms with van der Waals surface area (Å²) in [6.07, 6.45) is 3.74. The van der Waals surface area contributed by atoms with Gasteiger partial charge in [-0.1, -0.05) is 20.8 Å². The molecular weight excluding hydrogens is 342 g/mol. The standard InChI is InChI=1S/C19H33N7O/c1-18(2,3)10-9-11-20-17-22-13-14(26(17)19(4,5)6)23-16(24-15(13)27)21-12-25(7)8/h12H,9-11H2,1-8H3,(H,20,22)(H,23,24,27). The SMILES string of the molecule is CN(C)C=Nc1nc2c(nc(NCCCC(C)(C)C)n2C(C)(C)C)c(=O)[nH]1. The van der Waals surface area contributed by atoms with Crippen molar-refractivity contribution in [2.45, 2.75) is 59.9 Å². The quantitative estimate of drug-likeness (QED) is 0.459. The first-order chi connectivity index (χ1) is 12.4. The average molecular weight is 376 g/mol. The molecule has 0 aliphatic heterocycles. The maximum absolute atomic E-state index is 12.5. The summed E-state index contributed by atoms with van der Waals surface area (Å²) in [5.41, 5.74) is 0.586. The summed E-state index contributed by atoms with van der Waals surface area (Å²) in [6, 6.07) is 0. The Hall–Kier alpha value is -2.38. The fourth-order valence-corrected chi connectivity index (χ4v) is 2.76. The minimum absolute atomic E-state index is 0.269. The summed E-state index contributed by atoms with van der Waals surface area (Å²) in [6.45, 7) is 13.7. The zero-order valence-electron chi connectivity index (χ0n) is 17.8. The van der Waals surface area contributed by atoms with Gasteiger partial charge in [0.1, 0.15) is 0 Å². The van der Waals surface area contributed by atoms with E-state index in [0.29, 0.717) is 22.5 Å². The number of imidazole rings is 1. The van der Waals surface area contributed by atoms with Crippen molar-refractivity contribution in [3.8, 4) is 0 Å². The van der Waals surface area contributed by atoms with Gasteiger partial charge in [0.05, 0.1) is 6.34 Å². The van der Waals surface area contributed by atoms with Crippen molar-refractivity contribution < 1.29 is 0 Å². The molecule has 0 aliphatic carbocycles. The number of rotatable bonds is 6. The highest BCUT2D eigenvalue weighted by atomic mass is 16.1. The van der Waals surface area contributed by atoms with E-state index in [4.69, 9.17) is 0 Å². The normalized spacial score (nSPS) is 12.9. The summed E-state index contributed by atoms with van der Waals surface area (Å²) in [7, 11) is 3.72. The van der Waals surface area contributed by atoms with Crippen molar-refractivity contribution in [3.05, 3.63) is 10.4 Å². The third kappa shape index (κ3) is 5.55. The third-order valence-corrected chi connectivity index (χ3v) is 3.97. The third-order valence-electron chi connectivity index (χ3n) is 3.97. The van der Waals surface area contributed by atoms with Crippen molar-refractivity contribution in [2.24, 2.45) is 10.4 Å². The lowest BCUT2D eigenvalue weighted by molar-refractivity contribution is 0.369. The van der Waals surface area contributed by atoms with Crippen LogP contribution in [0.25, 0.3) is 11.2 Å². The van der Waals surface area contributed by atoms with Gasteiger partial charge in [0.25, 0.3) is 5.56 Å². The summed E-state index contributed by atoms with van der Waals surface area (Å²) in [5.74, 6) is 0.934. The molecular formula is C19H33N7O. The molecule has 8 nitrogen and oxygen atoms in total. The van der Waals surface area contributed by atoms with Crippen LogP contribution in [-0.4, -0.2) is 51.4 Å².